The largest absolute Gasteiger partial charge is 0.497 e. The fourth-order valence-electron chi connectivity index (χ4n) is 1.65. The average molecular weight is 297 g/mol. The van der Waals surface area contributed by atoms with E-state index in [1.54, 1.807) is 36.0 Å². The molecular formula is C14H19NO4S. The number of hydrogen-bond acceptors (Lipinski definition) is 4. The third-order valence-corrected chi connectivity index (χ3v) is 3.85. The molecule has 0 heterocycles. The van der Waals surface area contributed by atoms with Crippen LogP contribution in [-0.4, -0.2) is 35.6 Å². The number of carbonyl (C=O) groups is 2. The highest BCUT2D eigenvalue weighted by molar-refractivity contribution is 7.99. The van der Waals surface area contributed by atoms with Crippen LogP contribution in [0.15, 0.2) is 24.3 Å². The van der Waals surface area contributed by atoms with Gasteiger partial charge in [0.15, 0.2) is 6.04 Å². The number of thioether (sulfide) groups is 1. The molecule has 2 unspecified atom stereocenters. The Morgan fingerprint density at radius 1 is 1.35 bits per heavy atom. The molecule has 0 spiro atoms. The molecular weight excluding hydrogens is 278 g/mol. The molecule has 0 aromatic heterocycles. The van der Waals surface area contributed by atoms with Crippen molar-refractivity contribution < 1.29 is 19.4 Å². The van der Waals surface area contributed by atoms with Gasteiger partial charge in [0.2, 0.25) is 5.91 Å². The minimum Gasteiger partial charge on any atom is -0.497 e. The molecule has 0 radical (unpaired) electrons. The monoisotopic (exact) mass is 297 g/mol. The van der Waals surface area contributed by atoms with Gasteiger partial charge in [-0.25, -0.2) is 4.79 Å². The highest BCUT2D eigenvalue weighted by Crippen LogP contribution is 2.19. The van der Waals surface area contributed by atoms with Crippen molar-refractivity contribution in [3.8, 4) is 5.75 Å². The zero-order valence-corrected chi connectivity index (χ0v) is 12.6. The highest BCUT2D eigenvalue weighted by Gasteiger charge is 2.22. The zero-order valence-electron chi connectivity index (χ0n) is 11.8. The molecule has 0 aliphatic carbocycles. The van der Waals surface area contributed by atoms with Gasteiger partial charge in [-0.3, -0.25) is 4.79 Å². The number of ether oxygens (including phenoxy) is 1. The number of nitrogens with one attached hydrogen (secondary N) is 1. The van der Waals surface area contributed by atoms with Crippen molar-refractivity contribution >= 4 is 23.6 Å². The minimum atomic E-state index is -1.08. The molecule has 6 heteroatoms. The van der Waals surface area contributed by atoms with Crippen LogP contribution in [0.5, 0.6) is 5.75 Å². The fraction of sp³-hybridized carbons (Fsp3) is 0.429. The van der Waals surface area contributed by atoms with Crippen molar-refractivity contribution in [3.05, 3.63) is 29.8 Å². The van der Waals surface area contributed by atoms with E-state index in [0.717, 1.165) is 0 Å². The smallest absolute Gasteiger partial charge is 0.330 e. The van der Waals surface area contributed by atoms with Gasteiger partial charge in [-0.2, -0.15) is 11.8 Å². The Morgan fingerprint density at radius 2 is 1.95 bits per heavy atom. The summed E-state index contributed by atoms with van der Waals surface area (Å²) in [5.41, 5.74) is 0.517. The van der Waals surface area contributed by atoms with Crippen LogP contribution in [-0.2, 0) is 9.59 Å². The van der Waals surface area contributed by atoms with Crippen LogP contribution >= 0.6 is 11.8 Å². The molecule has 1 aromatic rings. The van der Waals surface area contributed by atoms with E-state index in [4.69, 9.17) is 4.74 Å². The Bertz CT molecular complexity index is 461. The number of carbonyl (C=O) groups excluding carboxylic acids is 1. The van der Waals surface area contributed by atoms with Gasteiger partial charge in [0.05, 0.1) is 7.11 Å². The summed E-state index contributed by atoms with van der Waals surface area (Å²) in [6.07, 6.45) is 2.21. The maximum absolute atomic E-state index is 11.8. The molecule has 0 saturated heterocycles. The van der Waals surface area contributed by atoms with Gasteiger partial charge in [0, 0.05) is 11.7 Å². The average Bonchev–Trinajstić information content (AvgIpc) is 2.44. The van der Waals surface area contributed by atoms with Crippen LogP contribution in [0.3, 0.4) is 0 Å². The molecule has 20 heavy (non-hydrogen) atoms. The number of amides is 1. The van der Waals surface area contributed by atoms with Gasteiger partial charge in [0.25, 0.3) is 0 Å². The molecule has 1 aromatic carbocycles. The van der Waals surface area contributed by atoms with Gasteiger partial charge >= 0.3 is 5.97 Å². The van der Waals surface area contributed by atoms with Crippen molar-refractivity contribution in [2.45, 2.75) is 24.6 Å². The van der Waals surface area contributed by atoms with Crippen molar-refractivity contribution in [2.75, 3.05) is 13.4 Å². The summed E-state index contributed by atoms with van der Waals surface area (Å²) in [5, 5.41) is 11.9. The van der Waals surface area contributed by atoms with Crippen LogP contribution in [0.2, 0.25) is 0 Å². The second kappa shape index (κ2) is 7.79. The molecule has 0 saturated carbocycles. The first kappa shape index (κ1) is 16.4. The number of carboxylic acid groups (broad SMARTS) is 1. The Morgan fingerprint density at radius 3 is 2.40 bits per heavy atom. The van der Waals surface area contributed by atoms with E-state index in [-0.39, 0.29) is 11.2 Å². The highest BCUT2D eigenvalue weighted by atomic mass is 32.2. The number of hydrogen-bond donors (Lipinski definition) is 2. The van der Waals surface area contributed by atoms with Crippen molar-refractivity contribution in [3.63, 3.8) is 0 Å². The van der Waals surface area contributed by atoms with Crippen molar-refractivity contribution in [1.82, 2.24) is 5.32 Å². The number of benzene rings is 1. The molecule has 0 fully saturated rings. The maximum atomic E-state index is 11.8. The van der Waals surface area contributed by atoms with Crippen LogP contribution in [0.4, 0.5) is 0 Å². The fourth-order valence-corrected chi connectivity index (χ4v) is 1.97. The van der Waals surface area contributed by atoms with Gasteiger partial charge in [-0.05, 0) is 24.0 Å². The Kier molecular flexibility index (Phi) is 6.38. The van der Waals surface area contributed by atoms with Gasteiger partial charge in [0.1, 0.15) is 5.75 Å². The summed E-state index contributed by atoms with van der Waals surface area (Å²) in [5.74, 6) is -0.712. The van der Waals surface area contributed by atoms with E-state index in [2.05, 4.69) is 5.32 Å². The normalized spacial score (nSPS) is 13.3. The predicted octanol–water partition coefficient (Wildman–Crippen LogP) is 2.08. The molecule has 1 amide bonds. The number of rotatable bonds is 7. The summed E-state index contributed by atoms with van der Waals surface area (Å²) in [7, 11) is 1.54. The topological polar surface area (TPSA) is 75.6 Å². The van der Waals surface area contributed by atoms with Gasteiger partial charge in [-0.1, -0.05) is 19.1 Å². The van der Waals surface area contributed by atoms with Gasteiger partial charge < -0.3 is 15.2 Å². The van der Waals surface area contributed by atoms with Crippen molar-refractivity contribution in [1.29, 1.82) is 0 Å². The lowest BCUT2D eigenvalue weighted by Crippen LogP contribution is -2.34. The van der Waals surface area contributed by atoms with Gasteiger partial charge in [-0.15, -0.1) is 0 Å². The quantitative estimate of drug-likeness (QED) is 0.806. The molecule has 0 aliphatic rings. The molecule has 0 bridgehead atoms. The first-order chi connectivity index (χ1) is 9.47. The Balaban J connectivity index is 2.78. The summed E-state index contributed by atoms with van der Waals surface area (Å²) < 4.78 is 5.02. The molecule has 5 nitrogen and oxygen atoms in total. The van der Waals surface area contributed by atoms with E-state index in [1.165, 1.54) is 7.11 Å². The van der Waals surface area contributed by atoms with E-state index in [9.17, 15) is 14.7 Å². The van der Waals surface area contributed by atoms with Crippen LogP contribution in [0, 0.1) is 0 Å². The molecule has 2 N–H and O–H groups in total. The van der Waals surface area contributed by atoms with Crippen LogP contribution in [0.1, 0.15) is 24.9 Å². The number of aliphatic carboxylic acids is 1. The number of carboxylic acids is 1. The Labute approximate surface area is 122 Å². The second-order valence-electron chi connectivity index (χ2n) is 4.36. The maximum Gasteiger partial charge on any atom is 0.330 e. The minimum absolute atomic E-state index is 0.153. The third-order valence-electron chi connectivity index (χ3n) is 2.88. The van der Waals surface area contributed by atoms with Crippen LogP contribution in [0.25, 0.3) is 0 Å². The summed E-state index contributed by atoms with van der Waals surface area (Å²) in [6, 6.07) is 5.57. The first-order valence-electron chi connectivity index (χ1n) is 6.16. The SMILES string of the molecule is COc1ccc(C(NC(=O)CC(C)SC)C(=O)O)cc1. The molecule has 110 valence electrons. The zero-order chi connectivity index (χ0) is 15.1. The lowest BCUT2D eigenvalue weighted by atomic mass is 10.1. The summed E-state index contributed by atoms with van der Waals surface area (Å²) >= 11 is 1.56. The van der Waals surface area contributed by atoms with E-state index < -0.39 is 12.0 Å². The molecule has 1 rings (SSSR count). The van der Waals surface area contributed by atoms with Crippen LogP contribution < -0.4 is 10.1 Å². The summed E-state index contributed by atoms with van der Waals surface area (Å²) in [4.78, 5) is 23.1. The first-order valence-corrected chi connectivity index (χ1v) is 7.45. The third kappa shape index (κ3) is 4.77. The van der Waals surface area contributed by atoms with E-state index in [0.29, 0.717) is 17.7 Å². The lowest BCUT2D eigenvalue weighted by molar-refractivity contribution is -0.142. The molecule has 0 aliphatic heterocycles. The standard InChI is InChI=1S/C14H19NO4S/c1-9(20-3)8-12(16)15-13(14(17)18)10-4-6-11(19-2)7-5-10/h4-7,9,13H,8H2,1-3H3,(H,15,16)(H,17,18). The van der Waals surface area contributed by atoms with E-state index >= 15 is 0 Å². The predicted molar refractivity (Wildman–Crippen MR) is 79.1 cm³/mol. The summed E-state index contributed by atoms with van der Waals surface area (Å²) in [6.45, 7) is 1.92. The second-order valence-corrected chi connectivity index (χ2v) is 5.64. The molecule has 2 atom stereocenters. The number of methoxy groups -OCH3 is 1. The van der Waals surface area contributed by atoms with Crippen molar-refractivity contribution in [2.24, 2.45) is 0 Å². The Hall–Kier alpha value is -1.69. The van der Waals surface area contributed by atoms with E-state index in [1.807, 2.05) is 13.2 Å². The lowest BCUT2D eigenvalue weighted by Gasteiger charge is -2.16.